The lowest BCUT2D eigenvalue weighted by Gasteiger charge is -2.16. The molecule has 0 unspecified atom stereocenters. The van der Waals surface area contributed by atoms with E-state index in [-0.39, 0.29) is 21.2 Å². The summed E-state index contributed by atoms with van der Waals surface area (Å²) < 4.78 is 97.8. The Balaban J connectivity index is 1.30. The largest absolute Gasteiger partial charge is 0.355 e. The van der Waals surface area contributed by atoms with Gasteiger partial charge in [0.1, 0.15) is 0 Å². The lowest BCUT2D eigenvalue weighted by atomic mass is 9.90. The molecule has 0 saturated carbocycles. The van der Waals surface area contributed by atoms with Gasteiger partial charge in [-0.3, -0.25) is 18.7 Å². The van der Waals surface area contributed by atoms with Gasteiger partial charge in [0.2, 0.25) is 0 Å². The lowest BCUT2D eigenvalue weighted by Crippen LogP contribution is -2.01. The molecule has 1 aliphatic rings. The first-order valence-corrected chi connectivity index (χ1v) is 20.1. The first kappa shape index (κ1) is 37.1. The fourth-order valence-electron chi connectivity index (χ4n) is 5.46. The molecule has 0 bridgehead atoms. The maximum Gasteiger partial charge on any atom is 0.294 e. The number of rotatable bonds is 11. The maximum atomic E-state index is 11.6. The van der Waals surface area contributed by atoms with Crippen molar-refractivity contribution in [3.05, 3.63) is 168 Å². The fourth-order valence-corrected chi connectivity index (χ4v) is 7.07. The van der Waals surface area contributed by atoms with Gasteiger partial charge in [-0.15, -0.1) is 0 Å². The van der Waals surface area contributed by atoms with E-state index in [1.54, 1.807) is 18.2 Å². The Morgan fingerprint density at radius 2 is 0.906 bits per heavy atom. The van der Waals surface area contributed by atoms with Crippen molar-refractivity contribution < 1.29 is 38.9 Å². The van der Waals surface area contributed by atoms with Gasteiger partial charge in [0.25, 0.3) is 30.4 Å². The Hall–Kier alpha value is -5.68. The molecular formula is C38H31N3O9S3. The molecular weight excluding hydrogens is 739 g/mol. The number of aliphatic imine (C=N–C) groups is 1. The zero-order valence-corrected chi connectivity index (χ0v) is 30.0. The highest BCUT2D eigenvalue weighted by Crippen LogP contribution is 2.33. The number of allylic oxidation sites excluding steroid dienone is 5. The second-order valence-corrected chi connectivity index (χ2v) is 16.0. The minimum Gasteiger partial charge on any atom is -0.355 e. The second-order valence-electron chi connectivity index (χ2n) is 11.8. The van der Waals surface area contributed by atoms with Crippen LogP contribution in [-0.4, -0.2) is 44.6 Å². The van der Waals surface area contributed by atoms with Crippen molar-refractivity contribution in [3.63, 3.8) is 0 Å². The average molecular weight is 770 g/mol. The third-order valence-corrected chi connectivity index (χ3v) is 10.5. The molecule has 53 heavy (non-hydrogen) atoms. The monoisotopic (exact) mass is 769 g/mol. The molecule has 0 spiro atoms. The van der Waals surface area contributed by atoms with Gasteiger partial charge in [-0.1, -0.05) is 60.7 Å². The summed E-state index contributed by atoms with van der Waals surface area (Å²) in [6.45, 7) is 0.183. The first-order valence-electron chi connectivity index (χ1n) is 15.7. The van der Waals surface area contributed by atoms with Crippen molar-refractivity contribution in [1.29, 1.82) is 0 Å². The van der Waals surface area contributed by atoms with E-state index in [4.69, 9.17) is 0 Å². The Labute approximate surface area is 306 Å². The molecule has 0 radical (unpaired) electrons. The highest BCUT2D eigenvalue weighted by Gasteiger charge is 2.15. The molecule has 6 rings (SSSR count). The number of hydrogen-bond donors (Lipinski definition) is 5. The fraction of sp³-hybridized carbons (Fsp3) is 0.0263. The van der Waals surface area contributed by atoms with Crippen LogP contribution in [0.3, 0.4) is 0 Å². The standard InChI is InChI=1S/C38H31N3O9S3/c42-51(43,44)35-7-1-4-26(22-35)25-39-30-16-10-27(11-17-30)38(28-12-18-31(19-13-28)40-33-5-2-8-36(23-33)52(45,46)47)29-14-20-32(21-15-29)41-34-6-3-9-37(24-34)53(48,49)50/h1-24,40-41H,25H2,(H,42,43,44)(H,45,46,47)(H,48,49,50). The normalized spacial score (nSPS) is 13.1. The molecule has 270 valence electrons. The van der Waals surface area contributed by atoms with Gasteiger partial charge in [0.15, 0.2) is 0 Å². The predicted molar refractivity (Wildman–Crippen MR) is 204 cm³/mol. The molecule has 5 N–H and O–H groups in total. The van der Waals surface area contributed by atoms with Crippen molar-refractivity contribution in [2.24, 2.45) is 4.99 Å². The molecule has 5 aromatic rings. The van der Waals surface area contributed by atoms with Crippen molar-refractivity contribution >= 4 is 64.4 Å². The Morgan fingerprint density at radius 3 is 1.34 bits per heavy atom. The third-order valence-electron chi connectivity index (χ3n) is 7.98. The van der Waals surface area contributed by atoms with E-state index in [2.05, 4.69) is 15.6 Å². The van der Waals surface area contributed by atoms with Crippen molar-refractivity contribution in [1.82, 2.24) is 0 Å². The first-order chi connectivity index (χ1) is 25.1. The molecule has 1 aliphatic carbocycles. The van der Waals surface area contributed by atoms with E-state index in [1.165, 1.54) is 54.6 Å². The van der Waals surface area contributed by atoms with Gasteiger partial charge >= 0.3 is 0 Å². The minimum atomic E-state index is -4.37. The van der Waals surface area contributed by atoms with Crippen molar-refractivity contribution in [2.45, 2.75) is 21.2 Å². The van der Waals surface area contributed by atoms with Crippen molar-refractivity contribution in [3.8, 4) is 0 Å². The molecule has 0 fully saturated rings. The van der Waals surface area contributed by atoms with Crippen LogP contribution in [0.1, 0.15) is 16.7 Å². The van der Waals surface area contributed by atoms with Crippen LogP contribution in [-0.2, 0) is 36.9 Å². The summed E-state index contributed by atoms with van der Waals surface area (Å²) in [6, 6.07) is 32.5. The van der Waals surface area contributed by atoms with E-state index in [0.717, 1.165) is 22.3 Å². The van der Waals surface area contributed by atoms with Gasteiger partial charge in [0, 0.05) is 22.7 Å². The van der Waals surface area contributed by atoms with Crippen LogP contribution in [0, 0.1) is 0 Å². The maximum absolute atomic E-state index is 11.6. The molecule has 12 nitrogen and oxygen atoms in total. The van der Waals surface area contributed by atoms with Crippen LogP contribution >= 0.6 is 0 Å². The van der Waals surface area contributed by atoms with Crippen molar-refractivity contribution in [2.75, 3.05) is 10.6 Å². The topological polar surface area (TPSA) is 200 Å². The number of anilines is 4. The summed E-state index contributed by atoms with van der Waals surface area (Å²) in [7, 11) is -13.1. The van der Waals surface area contributed by atoms with E-state index < -0.39 is 30.4 Å². The predicted octanol–water partition coefficient (Wildman–Crippen LogP) is 7.48. The van der Waals surface area contributed by atoms with Gasteiger partial charge in [-0.25, -0.2) is 0 Å². The van der Waals surface area contributed by atoms with Gasteiger partial charge < -0.3 is 10.6 Å². The van der Waals surface area contributed by atoms with Gasteiger partial charge in [-0.2, -0.15) is 25.3 Å². The zero-order chi connectivity index (χ0) is 37.8. The molecule has 0 aliphatic heterocycles. The van der Waals surface area contributed by atoms with Gasteiger partial charge in [-0.05, 0) is 113 Å². The number of benzene rings is 5. The summed E-state index contributed by atoms with van der Waals surface area (Å²) >= 11 is 0. The summed E-state index contributed by atoms with van der Waals surface area (Å²) in [5.74, 6) is 0. The highest BCUT2D eigenvalue weighted by atomic mass is 32.2. The smallest absolute Gasteiger partial charge is 0.294 e. The van der Waals surface area contributed by atoms with Crippen LogP contribution in [0.25, 0.3) is 5.57 Å². The Bertz CT molecular complexity index is 2510. The summed E-state index contributed by atoms with van der Waals surface area (Å²) in [5, 5.41) is 6.29. The van der Waals surface area contributed by atoms with E-state index in [9.17, 15) is 38.9 Å². The highest BCUT2D eigenvalue weighted by molar-refractivity contribution is 7.86. The van der Waals surface area contributed by atoms with E-state index in [0.29, 0.717) is 34.0 Å². The minimum absolute atomic E-state index is 0.183. The Kier molecular flexibility index (Phi) is 10.6. The van der Waals surface area contributed by atoms with Crippen LogP contribution in [0.4, 0.5) is 22.7 Å². The lowest BCUT2D eigenvalue weighted by molar-refractivity contribution is 0.481. The Morgan fingerprint density at radius 1 is 0.491 bits per heavy atom. The van der Waals surface area contributed by atoms with Crippen LogP contribution in [0.2, 0.25) is 0 Å². The molecule has 5 aromatic carbocycles. The summed E-state index contributed by atoms with van der Waals surface area (Å²) in [5.41, 5.74) is 6.90. The zero-order valence-electron chi connectivity index (χ0n) is 27.5. The number of nitrogens with zero attached hydrogens (tertiary/aromatic N) is 1. The van der Waals surface area contributed by atoms with Crippen LogP contribution in [0.5, 0.6) is 0 Å². The number of hydrogen-bond acceptors (Lipinski definition) is 9. The second kappa shape index (κ2) is 15.1. The van der Waals surface area contributed by atoms with E-state index >= 15 is 0 Å². The summed E-state index contributed by atoms with van der Waals surface area (Å²) in [4.78, 5) is 3.90. The molecule has 0 amide bonds. The molecule has 0 saturated heterocycles. The quantitative estimate of drug-likeness (QED) is 0.0835. The van der Waals surface area contributed by atoms with Crippen LogP contribution < -0.4 is 10.6 Å². The van der Waals surface area contributed by atoms with E-state index in [1.807, 2.05) is 72.8 Å². The molecule has 0 aromatic heterocycles. The summed E-state index contributed by atoms with van der Waals surface area (Å²) in [6.07, 6.45) is 7.47. The molecule has 15 heteroatoms. The van der Waals surface area contributed by atoms with Gasteiger partial charge in [0.05, 0.1) is 26.9 Å². The average Bonchev–Trinajstić information content (AvgIpc) is 3.12. The van der Waals surface area contributed by atoms with Crippen LogP contribution in [0.15, 0.2) is 171 Å². The SMILES string of the molecule is O=S(=O)(O)c1cccc(CN=C2C=CC(=C(c3ccc(Nc4cccc(S(=O)(=O)O)c4)cc3)c3ccc(Nc4cccc(S(=O)(=O)O)c4)cc3)C=C2)c1. The number of nitrogens with one attached hydrogen (secondary N) is 2. The molecule has 0 atom stereocenters. The third kappa shape index (κ3) is 9.61. The molecule has 0 heterocycles.